The molecule has 1 heterocycles. The zero-order valence-electron chi connectivity index (χ0n) is 26.5. The van der Waals surface area contributed by atoms with E-state index in [0.717, 1.165) is 73.1 Å². The molecule has 3 aromatic rings. The summed E-state index contributed by atoms with van der Waals surface area (Å²) in [6, 6.07) is 25.5. The van der Waals surface area contributed by atoms with Gasteiger partial charge in [0.1, 0.15) is 17.1 Å². The fraction of sp³-hybridized carbons (Fsp3) is 0.459. The van der Waals surface area contributed by atoms with Crippen LogP contribution in [0.2, 0.25) is 0 Å². The Bertz CT molecular complexity index is 1280. The van der Waals surface area contributed by atoms with Crippen molar-refractivity contribution < 1.29 is 34.0 Å². The molecule has 242 valence electrons. The molecular formula is C37H47NO7. The maximum absolute atomic E-state index is 13.4. The Labute approximate surface area is 266 Å². The summed E-state index contributed by atoms with van der Waals surface area (Å²) in [4.78, 5) is 25.8. The molecule has 4 rings (SSSR count). The van der Waals surface area contributed by atoms with Gasteiger partial charge in [0.15, 0.2) is 0 Å². The van der Waals surface area contributed by atoms with Crippen LogP contribution in [-0.2, 0) is 19.9 Å². The van der Waals surface area contributed by atoms with E-state index in [9.17, 15) is 14.7 Å². The van der Waals surface area contributed by atoms with E-state index < -0.39 is 17.7 Å². The Morgan fingerprint density at radius 2 is 1.22 bits per heavy atom. The van der Waals surface area contributed by atoms with Crippen molar-refractivity contribution in [2.45, 2.75) is 82.0 Å². The Kier molecular flexibility index (Phi) is 12.8. The van der Waals surface area contributed by atoms with Crippen molar-refractivity contribution in [3.8, 4) is 11.5 Å². The summed E-state index contributed by atoms with van der Waals surface area (Å²) in [5.41, 5.74) is 1.78. The summed E-state index contributed by atoms with van der Waals surface area (Å²) < 4.78 is 17.9. The Hall–Kier alpha value is -3.88. The smallest absolute Gasteiger partial charge is 0.303 e. The zero-order chi connectivity index (χ0) is 32.1. The van der Waals surface area contributed by atoms with E-state index in [1.54, 1.807) is 19.1 Å². The molecule has 2 atom stereocenters. The van der Waals surface area contributed by atoms with Crippen molar-refractivity contribution in [1.82, 2.24) is 4.90 Å². The van der Waals surface area contributed by atoms with E-state index in [1.807, 2.05) is 78.9 Å². The van der Waals surface area contributed by atoms with Crippen LogP contribution in [-0.4, -0.2) is 66.5 Å². The highest BCUT2D eigenvalue weighted by molar-refractivity contribution is 5.77. The molecule has 8 nitrogen and oxygen atoms in total. The van der Waals surface area contributed by atoms with Gasteiger partial charge in [-0.05, 0) is 60.2 Å². The van der Waals surface area contributed by atoms with E-state index in [2.05, 4.69) is 0 Å². The standard InChI is InChI=1S/C37H47NO7/c1-43-33-21-17-29(18-22-33)37(28-13-9-8-10-14-28,30-19-23-34(44-2)24-20-30)45-27-31-25-32(39)26-38(31)35(40)15-11-6-4-3-5-7-12-16-36(41)42/h8-10,13-14,17-24,31-32,39H,3-7,11-12,15-16,25-27H2,1-2H3,(H,41,42)/t31-,32+/m0/s1. The normalized spacial score (nSPS) is 16.5. The minimum absolute atomic E-state index is 0.0424. The van der Waals surface area contributed by atoms with Gasteiger partial charge < -0.3 is 29.3 Å². The van der Waals surface area contributed by atoms with Crippen LogP contribution in [0.1, 0.15) is 80.9 Å². The first-order valence-electron chi connectivity index (χ1n) is 16.0. The SMILES string of the molecule is COc1ccc(C(OC[C@@H]2C[C@@H](O)CN2C(=O)CCCCCCCCCC(=O)O)(c2ccccc2)c2ccc(OC)cc2)cc1. The number of carbonyl (C=O) groups excluding carboxylic acids is 1. The molecule has 8 heteroatoms. The number of carbonyl (C=O) groups is 2. The van der Waals surface area contributed by atoms with Crippen molar-refractivity contribution in [1.29, 1.82) is 0 Å². The average Bonchev–Trinajstić information content (AvgIpc) is 3.45. The van der Waals surface area contributed by atoms with Gasteiger partial charge in [-0.2, -0.15) is 0 Å². The summed E-state index contributed by atoms with van der Waals surface area (Å²) in [6.07, 6.45) is 7.01. The highest BCUT2D eigenvalue weighted by Crippen LogP contribution is 2.42. The second-order valence-corrected chi connectivity index (χ2v) is 11.8. The number of hydrogen-bond acceptors (Lipinski definition) is 6. The van der Waals surface area contributed by atoms with Crippen LogP contribution >= 0.6 is 0 Å². The fourth-order valence-electron chi connectivity index (χ4n) is 6.23. The molecule has 45 heavy (non-hydrogen) atoms. The Morgan fingerprint density at radius 3 is 1.73 bits per heavy atom. The molecule has 0 aromatic heterocycles. The highest BCUT2D eigenvalue weighted by Gasteiger charge is 2.41. The predicted molar refractivity (Wildman–Crippen MR) is 174 cm³/mol. The number of β-amino-alcohol motifs (C(OH)–C–C–N with tert-alkyl or cyclic N) is 1. The summed E-state index contributed by atoms with van der Waals surface area (Å²) in [5.74, 6) is 0.783. The topological polar surface area (TPSA) is 106 Å². The predicted octanol–water partition coefficient (Wildman–Crippen LogP) is 6.57. The van der Waals surface area contributed by atoms with Crippen LogP contribution in [0.5, 0.6) is 11.5 Å². The van der Waals surface area contributed by atoms with Gasteiger partial charge in [0.25, 0.3) is 0 Å². The average molecular weight is 618 g/mol. The number of benzene rings is 3. The zero-order valence-corrected chi connectivity index (χ0v) is 26.5. The van der Waals surface area contributed by atoms with Gasteiger partial charge >= 0.3 is 5.97 Å². The molecule has 1 aliphatic rings. The van der Waals surface area contributed by atoms with Crippen LogP contribution < -0.4 is 9.47 Å². The minimum atomic E-state index is -0.994. The largest absolute Gasteiger partial charge is 0.497 e. The monoisotopic (exact) mass is 617 g/mol. The molecular weight excluding hydrogens is 570 g/mol. The lowest BCUT2D eigenvalue weighted by atomic mass is 9.80. The number of unbranched alkanes of at least 4 members (excludes halogenated alkanes) is 6. The van der Waals surface area contributed by atoms with Crippen molar-refractivity contribution in [3.63, 3.8) is 0 Å². The van der Waals surface area contributed by atoms with E-state index in [1.165, 1.54) is 0 Å². The molecule has 1 aliphatic heterocycles. The number of carboxylic acid groups (broad SMARTS) is 1. The first-order valence-corrected chi connectivity index (χ1v) is 16.0. The third-order valence-corrected chi connectivity index (χ3v) is 8.66. The van der Waals surface area contributed by atoms with Crippen LogP contribution in [0.4, 0.5) is 0 Å². The summed E-state index contributed by atoms with van der Waals surface area (Å²) >= 11 is 0. The molecule has 0 bridgehead atoms. The van der Waals surface area contributed by atoms with Gasteiger partial charge in [-0.1, -0.05) is 86.7 Å². The van der Waals surface area contributed by atoms with Crippen molar-refractivity contribution in [2.75, 3.05) is 27.4 Å². The summed E-state index contributed by atoms with van der Waals surface area (Å²) in [7, 11) is 3.28. The quantitative estimate of drug-likeness (QED) is 0.123. The number of methoxy groups -OCH3 is 2. The highest BCUT2D eigenvalue weighted by atomic mass is 16.5. The fourth-order valence-corrected chi connectivity index (χ4v) is 6.23. The van der Waals surface area contributed by atoms with Gasteiger partial charge in [0.2, 0.25) is 5.91 Å². The lowest BCUT2D eigenvalue weighted by molar-refractivity contribution is -0.137. The first-order chi connectivity index (χ1) is 21.9. The number of carboxylic acids is 1. The number of ether oxygens (including phenoxy) is 3. The van der Waals surface area contributed by atoms with Gasteiger partial charge in [-0.25, -0.2) is 0 Å². The van der Waals surface area contributed by atoms with Crippen LogP contribution in [0.25, 0.3) is 0 Å². The molecule has 2 N–H and O–H groups in total. The Morgan fingerprint density at radius 1 is 0.733 bits per heavy atom. The minimum Gasteiger partial charge on any atom is -0.497 e. The third kappa shape index (κ3) is 9.08. The number of aliphatic hydroxyl groups excluding tert-OH is 1. The van der Waals surface area contributed by atoms with Gasteiger partial charge in [-0.3, -0.25) is 9.59 Å². The number of likely N-dealkylation sites (tertiary alicyclic amines) is 1. The molecule has 1 fully saturated rings. The van der Waals surface area contributed by atoms with E-state index in [-0.39, 0.29) is 25.0 Å². The van der Waals surface area contributed by atoms with E-state index in [0.29, 0.717) is 19.4 Å². The van der Waals surface area contributed by atoms with Crippen LogP contribution in [0.3, 0.4) is 0 Å². The van der Waals surface area contributed by atoms with Gasteiger partial charge in [-0.15, -0.1) is 0 Å². The summed E-state index contributed by atoms with van der Waals surface area (Å²) in [5, 5.41) is 19.4. The maximum Gasteiger partial charge on any atom is 0.303 e. The third-order valence-electron chi connectivity index (χ3n) is 8.66. The number of nitrogens with zero attached hydrogens (tertiary/aromatic N) is 1. The van der Waals surface area contributed by atoms with Crippen LogP contribution in [0.15, 0.2) is 78.9 Å². The summed E-state index contributed by atoms with van der Waals surface area (Å²) in [6.45, 7) is 0.548. The van der Waals surface area contributed by atoms with Crippen molar-refractivity contribution in [2.24, 2.45) is 0 Å². The molecule has 0 unspecified atom stereocenters. The first kappa shape index (κ1) is 34.0. The number of amides is 1. The molecule has 0 spiro atoms. The molecule has 1 amide bonds. The second-order valence-electron chi connectivity index (χ2n) is 11.8. The molecule has 1 saturated heterocycles. The number of aliphatic hydroxyl groups is 1. The van der Waals surface area contributed by atoms with Crippen molar-refractivity contribution in [3.05, 3.63) is 95.6 Å². The number of rotatable bonds is 18. The molecule has 0 saturated carbocycles. The number of hydrogen-bond donors (Lipinski definition) is 2. The maximum atomic E-state index is 13.4. The molecule has 0 aliphatic carbocycles. The molecule has 3 aromatic carbocycles. The molecule has 0 radical (unpaired) electrons. The lowest BCUT2D eigenvalue weighted by Gasteiger charge is -2.38. The van der Waals surface area contributed by atoms with Crippen molar-refractivity contribution >= 4 is 11.9 Å². The second kappa shape index (κ2) is 17.0. The number of aliphatic carboxylic acids is 1. The van der Waals surface area contributed by atoms with E-state index >= 15 is 0 Å². The Balaban J connectivity index is 1.49. The van der Waals surface area contributed by atoms with Gasteiger partial charge in [0, 0.05) is 19.4 Å². The van der Waals surface area contributed by atoms with Crippen LogP contribution in [0, 0.1) is 0 Å². The van der Waals surface area contributed by atoms with E-state index in [4.69, 9.17) is 19.3 Å². The van der Waals surface area contributed by atoms with Gasteiger partial charge in [0.05, 0.1) is 33.0 Å². The lowest BCUT2D eigenvalue weighted by Crippen LogP contribution is -2.42.